The highest BCUT2D eigenvalue weighted by Gasteiger charge is 2.14. The molecule has 8 heteroatoms. The highest BCUT2D eigenvalue weighted by Crippen LogP contribution is 2.38. The van der Waals surface area contributed by atoms with Gasteiger partial charge in [0.25, 0.3) is 5.91 Å². The van der Waals surface area contributed by atoms with E-state index in [1.807, 2.05) is 37.4 Å². The van der Waals surface area contributed by atoms with Gasteiger partial charge >= 0.3 is 0 Å². The summed E-state index contributed by atoms with van der Waals surface area (Å²) >= 11 is 1.52. The Hall–Kier alpha value is -2.58. The molecular formula is C21H27NO6S. The molecule has 0 bridgehead atoms. The average molecular weight is 422 g/mol. The third-order valence-corrected chi connectivity index (χ3v) is 4.85. The van der Waals surface area contributed by atoms with Crippen molar-refractivity contribution in [2.24, 2.45) is 0 Å². The SMILES string of the molecule is COc1cc(SC)c(OC)cc1OCC(=O)NCC(O)COc1ccccc1C. The minimum atomic E-state index is -0.839. The molecule has 2 rings (SSSR count). The lowest BCUT2D eigenvalue weighted by Crippen LogP contribution is -2.37. The van der Waals surface area contributed by atoms with Crippen LogP contribution in [0.1, 0.15) is 5.56 Å². The average Bonchev–Trinajstić information content (AvgIpc) is 2.74. The molecule has 2 N–H and O–H groups in total. The van der Waals surface area contributed by atoms with Crippen molar-refractivity contribution in [1.82, 2.24) is 5.32 Å². The van der Waals surface area contributed by atoms with Gasteiger partial charge in [0.1, 0.15) is 24.2 Å². The number of para-hydroxylation sites is 1. The molecule has 7 nitrogen and oxygen atoms in total. The number of rotatable bonds is 11. The normalized spacial score (nSPS) is 11.5. The Kier molecular flexibility index (Phi) is 8.95. The second-order valence-corrected chi connectivity index (χ2v) is 7.03. The number of ether oxygens (including phenoxy) is 4. The topological polar surface area (TPSA) is 86.3 Å². The summed E-state index contributed by atoms with van der Waals surface area (Å²) < 4.78 is 21.8. The molecule has 0 aliphatic heterocycles. The summed E-state index contributed by atoms with van der Waals surface area (Å²) in [5, 5.41) is 12.6. The van der Waals surface area contributed by atoms with E-state index in [9.17, 15) is 9.90 Å². The van der Waals surface area contributed by atoms with Crippen LogP contribution >= 0.6 is 11.8 Å². The van der Waals surface area contributed by atoms with E-state index in [2.05, 4.69) is 5.32 Å². The third kappa shape index (κ3) is 6.76. The summed E-state index contributed by atoms with van der Waals surface area (Å²) in [6, 6.07) is 11.0. The fraction of sp³-hybridized carbons (Fsp3) is 0.381. The van der Waals surface area contributed by atoms with Gasteiger partial charge in [0.2, 0.25) is 0 Å². The summed E-state index contributed by atoms with van der Waals surface area (Å²) in [7, 11) is 3.10. The van der Waals surface area contributed by atoms with E-state index in [1.54, 1.807) is 19.2 Å². The molecule has 0 fully saturated rings. The summed E-state index contributed by atoms with van der Waals surface area (Å²) in [6.45, 7) is 1.84. The zero-order valence-electron chi connectivity index (χ0n) is 17.1. The number of aryl methyl sites for hydroxylation is 1. The summed E-state index contributed by atoms with van der Waals surface area (Å²) in [5.74, 6) is 1.89. The van der Waals surface area contributed by atoms with Crippen molar-refractivity contribution in [2.75, 3.05) is 40.2 Å². The fourth-order valence-corrected chi connectivity index (χ4v) is 3.07. The number of nitrogens with one attached hydrogen (secondary N) is 1. The van der Waals surface area contributed by atoms with Gasteiger partial charge in [-0.25, -0.2) is 0 Å². The van der Waals surface area contributed by atoms with Crippen molar-refractivity contribution in [3.05, 3.63) is 42.0 Å². The van der Waals surface area contributed by atoms with E-state index in [-0.39, 0.29) is 25.7 Å². The molecule has 1 amide bonds. The second kappa shape index (κ2) is 11.4. The molecule has 158 valence electrons. The zero-order chi connectivity index (χ0) is 21.2. The van der Waals surface area contributed by atoms with E-state index in [0.29, 0.717) is 23.0 Å². The van der Waals surface area contributed by atoms with Crippen LogP contribution in [0.4, 0.5) is 0 Å². The van der Waals surface area contributed by atoms with E-state index in [0.717, 1.165) is 10.5 Å². The van der Waals surface area contributed by atoms with Gasteiger partial charge < -0.3 is 29.4 Å². The molecular weight excluding hydrogens is 394 g/mol. The number of carbonyl (C=O) groups is 1. The zero-order valence-corrected chi connectivity index (χ0v) is 17.9. The van der Waals surface area contributed by atoms with Crippen molar-refractivity contribution >= 4 is 17.7 Å². The molecule has 0 aliphatic rings. The quantitative estimate of drug-likeness (QED) is 0.540. The maximum atomic E-state index is 12.1. The van der Waals surface area contributed by atoms with Gasteiger partial charge in [-0.05, 0) is 24.8 Å². The maximum absolute atomic E-state index is 12.1. The number of hydrogen-bond donors (Lipinski definition) is 2. The summed E-state index contributed by atoms with van der Waals surface area (Å²) in [5.41, 5.74) is 0.981. The number of hydrogen-bond acceptors (Lipinski definition) is 7. The monoisotopic (exact) mass is 421 g/mol. The standard InChI is InChI=1S/C21H27NO6S/c1-14-7-5-6-8-16(14)27-12-15(23)11-22-21(24)13-28-18-9-19(26-3)20(29-4)10-17(18)25-2/h5-10,15,23H,11-13H2,1-4H3,(H,22,24). The lowest BCUT2D eigenvalue weighted by atomic mass is 10.2. The van der Waals surface area contributed by atoms with Crippen LogP contribution in [0.3, 0.4) is 0 Å². The van der Waals surface area contributed by atoms with Crippen LogP contribution in [0.5, 0.6) is 23.0 Å². The molecule has 0 heterocycles. The van der Waals surface area contributed by atoms with Crippen LogP contribution in [0, 0.1) is 6.92 Å². The van der Waals surface area contributed by atoms with Crippen LogP contribution < -0.4 is 24.3 Å². The Bertz CT molecular complexity index is 814. The Morgan fingerprint density at radius 3 is 2.45 bits per heavy atom. The van der Waals surface area contributed by atoms with Crippen molar-refractivity contribution in [3.63, 3.8) is 0 Å². The minimum Gasteiger partial charge on any atom is -0.495 e. The van der Waals surface area contributed by atoms with Crippen molar-refractivity contribution < 1.29 is 28.8 Å². The lowest BCUT2D eigenvalue weighted by Gasteiger charge is -2.16. The first-order valence-electron chi connectivity index (χ1n) is 9.04. The van der Waals surface area contributed by atoms with Gasteiger partial charge in [-0.1, -0.05) is 18.2 Å². The highest BCUT2D eigenvalue weighted by molar-refractivity contribution is 7.98. The number of aliphatic hydroxyl groups is 1. The maximum Gasteiger partial charge on any atom is 0.258 e. The third-order valence-electron chi connectivity index (χ3n) is 4.09. The first-order chi connectivity index (χ1) is 14.0. The number of thioether (sulfide) groups is 1. The second-order valence-electron chi connectivity index (χ2n) is 6.18. The largest absolute Gasteiger partial charge is 0.495 e. The van der Waals surface area contributed by atoms with Gasteiger partial charge in [-0.15, -0.1) is 11.8 Å². The van der Waals surface area contributed by atoms with Gasteiger partial charge in [0, 0.05) is 18.7 Å². The first-order valence-corrected chi connectivity index (χ1v) is 10.3. The summed E-state index contributed by atoms with van der Waals surface area (Å²) in [6.07, 6.45) is 1.09. The minimum absolute atomic E-state index is 0.0555. The van der Waals surface area contributed by atoms with Gasteiger partial charge in [-0.2, -0.15) is 0 Å². The molecule has 0 aromatic heterocycles. The van der Waals surface area contributed by atoms with Gasteiger partial charge in [0.05, 0.1) is 19.1 Å². The van der Waals surface area contributed by atoms with E-state index >= 15 is 0 Å². The van der Waals surface area contributed by atoms with Crippen molar-refractivity contribution in [1.29, 1.82) is 0 Å². The molecule has 1 atom stereocenters. The van der Waals surface area contributed by atoms with Gasteiger partial charge in [-0.3, -0.25) is 4.79 Å². The number of methoxy groups -OCH3 is 2. The van der Waals surface area contributed by atoms with Crippen molar-refractivity contribution in [3.8, 4) is 23.0 Å². The lowest BCUT2D eigenvalue weighted by molar-refractivity contribution is -0.123. The predicted octanol–water partition coefficient (Wildman–Crippen LogP) is 2.67. The van der Waals surface area contributed by atoms with Crippen LogP contribution in [-0.4, -0.2) is 57.4 Å². The Morgan fingerprint density at radius 2 is 1.79 bits per heavy atom. The Morgan fingerprint density at radius 1 is 1.07 bits per heavy atom. The molecule has 0 spiro atoms. The highest BCUT2D eigenvalue weighted by atomic mass is 32.2. The van der Waals surface area contributed by atoms with Gasteiger partial charge in [0.15, 0.2) is 18.1 Å². The molecule has 0 aliphatic carbocycles. The fourth-order valence-electron chi connectivity index (χ4n) is 2.50. The number of carbonyl (C=O) groups excluding carboxylic acids is 1. The van der Waals surface area contributed by atoms with E-state index < -0.39 is 6.10 Å². The first kappa shape index (κ1) is 22.7. The smallest absolute Gasteiger partial charge is 0.258 e. The molecule has 2 aromatic carbocycles. The van der Waals surface area contributed by atoms with Crippen LogP contribution in [0.2, 0.25) is 0 Å². The Labute approximate surface area is 175 Å². The number of benzene rings is 2. The molecule has 1 unspecified atom stereocenters. The van der Waals surface area contributed by atoms with Crippen LogP contribution in [0.25, 0.3) is 0 Å². The number of amides is 1. The Balaban J connectivity index is 1.81. The van der Waals surface area contributed by atoms with E-state index in [4.69, 9.17) is 18.9 Å². The molecule has 0 saturated carbocycles. The predicted molar refractivity (Wildman–Crippen MR) is 113 cm³/mol. The van der Waals surface area contributed by atoms with Crippen LogP contribution in [0.15, 0.2) is 41.3 Å². The van der Waals surface area contributed by atoms with Crippen LogP contribution in [-0.2, 0) is 4.79 Å². The molecule has 29 heavy (non-hydrogen) atoms. The molecule has 0 saturated heterocycles. The molecule has 2 aromatic rings. The summed E-state index contributed by atoms with van der Waals surface area (Å²) in [4.78, 5) is 13.0. The van der Waals surface area contributed by atoms with E-state index in [1.165, 1.54) is 18.9 Å². The molecule has 0 radical (unpaired) electrons. The number of aliphatic hydroxyl groups excluding tert-OH is 1. The van der Waals surface area contributed by atoms with Crippen molar-refractivity contribution in [2.45, 2.75) is 17.9 Å².